The summed E-state index contributed by atoms with van der Waals surface area (Å²) < 4.78 is 0. The Bertz CT molecular complexity index is 381. The zero-order valence-electron chi connectivity index (χ0n) is 6.53. The minimum Gasteiger partial charge on any atom is -0.263 e. The normalized spacial score (nSPS) is 7.75. The molecule has 0 aromatic carbocycles. The third-order valence-corrected chi connectivity index (χ3v) is 1.22. The van der Waals surface area contributed by atoms with Gasteiger partial charge >= 0.3 is 0 Å². The number of nitrogens with zero attached hydrogens (tertiary/aromatic N) is 2. The lowest BCUT2D eigenvalue weighted by Gasteiger charge is -1.92. The average Bonchev–Trinajstić information content (AvgIpc) is 2.09. The van der Waals surface area contributed by atoms with E-state index in [9.17, 15) is 4.79 Å². The number of hydrogen-bond donors (Lipinski definition) is 0. The van der Waals surface area contributed by atoms with Crippen LogP contribution in [0.3, 0.4) is 0 Å². The molecule has 3 heteroatoms. The second kappa shape index (κ2) is 4.07. The lowest BCUT2D eigenvalue weighted by atomic mass is 10.2. The highest BCUT2D eigenvalue weighted by Gasteiger charge is 1.95. The van der Waals surface area contributed by atoms with E-state index in [-0.39, 0.29) is 0 Å². The molecule has 58 valence electrons. The van der Waals surface area contributed by atoms with E-state index in [1.165, 1.54) is 6.08 Å². The fourth-order valence-corrected chi connectivity index (χ4v) is 0.765. The van der Waals surface area contributed by atoms with E-state index in [1.807, 2.05) is 0 Å². The minimum atomic E-state index is 0.509. The number of hydrogen-bond acceptors (Lipinski definition) is 3. The van der Waals surface area contributed by atoms with Crippen molar-refractivity contribution in [3.05, 3.63) is 24.0 Å². The van der Waals surface area contributed by atoms with Crippen LogP contribution < -0.4 is 0 Å². The van der Waals surface area contributed by atoms with Crippen LogP contribution in [0.25, 0.3) is 0 Å². The van der Waals surface area contributed by atoms with Crippen molar-refractivity contribution in [1.29, 1.82) is 0 Å². The molecular weight excluding hydrogens is 152 g/mol. The van der Waals surface area contributed by atoms with Crippen molar-refractivity contribution < 1.29 is 4.79 Å². The van der Waals surface area contributed by atoms with Gasteiger partial charge in [-0.3, -0.25) is 4.98 Å². The predicted molar refractivity (Wildman–Crippen MR) is 44.6 cm³/mol. The van der Waals surface area contributed by atoms with Gasteiger partial charge in [0.1, 0.15) is 0 Å². The molecule has 0 unspecified atom stereocenters. The monoisotopic (exact) mass is 158 g/mol. The number of aromatic nitrogens is 1. The van der Waals surface area contributed by atoms with E-state index in [2.05, 4.69) is 21.8 Å². The molecular formula is C9H6N2O. The van der Waals surface area contributed by atoms with Crippen molar-refractivity contribution >= 4 is 11.8 Å². The summed E-state index contributed by atoms with van der Waals surface area (Å²) in [5, 5.41) is 0. The molecule has 1 heterocycles. The average molecular weight is 158 g/mol. The number of carbonyl (C=O) groups excluding carboxylic acids is 1. The molecule has 1 rings (SSSR count). The van der Waals surface area contributed by atoms with Gasteiger partial charge in [-0.05, 0) is 13.0 Å². The molecule has 0 aliphatic carbocycles. The summed E-state index contributed by atoms with van der Waals surface area (Å²) in [5.74, 6) is 5.48. The summed E-state index contributed by atoms with van der Waals surface area (Å²) in [4.78, 5) is 17.3. The van der Waals surface area contributed by atoms with Gasteiger partial charge in [-0.25, -0.2) is 4.79 Å². The molecule has 0 saturated carbocycles. The van der Waals surface area contributed by atoms with Gasteiger partial charge in [0.05, 0.1) is 11.3 Å². The topological polar surface area (TPSA) is 42.3 Å². The molecule has 0 bridgehead atoms. The van der Waals surface area contributed by atoms with Crippen LogP contribution in [0.2, 0.25) is 0 Å². The number of pyridine rings is 1. The van der Waals surface area contributed by atoms with Crippen LogP contribution in [-0.4, -0.2) is 11.1 Å². The first kappa shape index (κ1) is 8.19. The first-order valence-corrected chi connectivity index (χ1v) is 3.33. The van der Waals surface area contributed by atoms with E-state index >= 15 is 0 Å². The molecule has 3 nitrogen and oxygen atoms in total. The second-order valence-electron chi connectivity index (χ2n) is 1.97. The first-order chi connectivity index (χ1) is 5.88. The molecule has 0 fully saturated rings. The SMILES string of the molecule is CC#Cc1cnccc1N=C=O. The highest BCUT2D eigenvalue weighted by atomic mass is 16.1. The zero-order valence-corrected chi connectivity index (χ0v) is 6.53. The summed E-state index contributed by atoms with van der Waals surface area (Å²) in [5.41, 5.74) is 1.15. The van der Waals surface area contributed by atoms with Crippen LogP contribution in [-0.2, 0) is 4.79 Å². The van der Waals surface area contributed by atoms with Crippen molar-refractivity contribution in [3.8, 4) is 11.8 Å². The van der Waals surface area contributed by atoms with Gasteiger partial charge in [0.25, 0.3) is 0 Å². The van der Waals surface area contributed by atoms with Crippen molar-refractivity contribution in [2.45, 2.75) is 6.92 Å². The predicted octanol–water partition coefficient (Wildman–Crippen LogP) is 1.42. The lowest BCUT2D eigenvalue weighted by Crippen LogP contribution is -1.77. The van der Waals surface area contributed by atoms with E-state index in [4.69, 9.17) is 0 Å². The Morgan fingerprint density at radius 1 is 1.58 bits per heavy atom. The molecule has 0 saturated heterocycles. The highest BCUT2D eigenvalue weighted by molar-refractivity contribution is 5.58. The van der Waals surface area contributed by atoms with Crippen molar-refractivity contribution in [1.82, 2.24) is 4.98 Å². The van der Waals surface area contributed by atoms with Gasteiger partial charge in [0.15, 0.2) is 0 Å². The smallest absolute Gasteiger partial charge is 0.240 e. The van der Waals surface area contributed by atoms with Gasteiger partial charge in [0, 0.05) is 12.4 Å². The fraction of sp³-hybridized carbons (Fsp3) is 0.111. The Kier molecular flexibility index (Phi) is 2.78. The Hall–Kier alpha value is -1.91. The van der Waals surface area contributed by atoms with Gasteiger partial charge in [-0.1, -0.05) is 5.92 Å². The third kappa shape index (κ3) is 1.79. The molecule has 0 N–H and O–H groups in total. The summed E-state index contributed by atoms with van der Waals surface area (Å²) in [6, 6.07) is 1.62. The van der Waals surface area contributed by atoms with E-state index in [0.717, 1.165) is 0 Å². The maximum atomic E-state index is 9.97. The van der Waals surface area contributed by atoms with Crippen molar-refractivity contribution in [3.63, 3.8) is 0 Å². The number of rotatable bonds is 1. The summed E-state index contributed by atoms with van der Waals surface area (Å²) in [6.07, 6.45) is 4.58. The first-order valence-electron chi connectivity index (χ1n) is 3.33. The van der Waals surface area contributed by atoms with Crippen LogP contribution in [0.5, 0.6) is 0 Å². The van der Waals surface area contributed by atoms with E-state index in [0.29, 0.717) is 11.3 Å². The van der Waals surface area contributed by atoms with Crippen molar-refractivity contribution in [2.24, 2.45) is 4.99 Å². The standard InChI is InChI=1S/C9H6N2O/c1-2-3-8-6-10-5-4-9(8)11-7-12/h4-6H,1H3. The van der Waals surface area contributed by atoms with Crippen molar-refractivity contribution in [2.75, 3.05) is 0 Å². The molecule has 1 aromatic rings. The van der Waals surface area contributed by atoms with Crippen LogP contribution in [0.4, 0.5) is 5.69 Å². The number of aliphatic imine (C=N–C) groups is 1. The molecule has 0 aliphatic rings. The van der Waals surface area contributed by atoms with Gasteiger partial charge in [-0.2, -0.15) is 4.99 Å². The highest BCUT2D eigenvalue weighted by Crippen LogP contribution is 2.14. The quantitative estimate of drug-likeness (QED) is 0.352. The molecule has 0 spiro atoms. The minimum absolute atomic E-state index is 0.509. The van der Waals surface area contributed by atoms with E-state index < -0.39 is 0 Å². The fourth-order valence-electron chi connectivity index (χ4n) is 0.765. The summed E-state index contributed by atoms with van der Waals surface area (Å²) >= 11 is 0. The molecule has 0 atom stereocenters. The molecule has 0 amide bonds. The maximum Gasteiger partial charge on any atom is 0.240 e. The Morgan fingerprint density at radius 3 is 3.08 bits per heavy atom. The summed E-state index contributed by atoms with van der Waals surface area (Å²) in [7, 11) is 0. The zero-order chi connectivity index (χ0) is 8.81. The maximum absolute atomic E-state index is 9.97. The Balaban J connectivity index is 3.22. The van der Waals surface area contributed by atoms with Gasteiger partial charge in [0.2, 0.25) is 6.08 Å². The molecule has 1 aromatic heterocycles. The Labute approximate surface area is 70.2 Å². The van der Waals surface area contributed by atoms with Crippen LogP contribution in [0.15, 0.2) is 23.5 Å². The summed E-state index contributed by atoms with van der Waals surface area (Å²) in [6.45, 7) is 1.71. The van der Waals surface area contributed by atoms with Crippen LogP contribution in [0.1, 0.15) is 12.5 Å². The van der Waals surface area contributed by atoms with E-state index in [1.54, 1.807) is 25.4 Å². The second-order valence-corrected chi connectivity index (χ2v) is 1.97. The largest absolute Gasteiger partial charge is 0.263 e. The Morgan fingerprint density at radius 2 is 2.42 bits per heavy atom. The van der Waals surface area contributed by atoms with Gasteiger partial charge in [-0.15, -0.1) is 5.92 Å². The molecule has 12 heavy (non-hydrogen) atoms. The third-order valence-electron chi connectivity index (χ3n) is 1.22. The van der Waals surface area contributed by atoms with Crippen LogP contribution in [0, 0.1) is 11.8 Å². The lowest BCUT2D eigenvalue weighted by molar-refractivity contribution is 0.565. The molecule has 0 radical (unpaired) electrons. The number of isocyanates is 1. The van der Waals surface area contributed by atoms with Crippen LogP contribution >= 0.6 is 0 Å². The van der Waals surface area contributed by atoms with Gasteiger partial charge < -0.3 is 0 Å². The molecule has 0 aliphatic heterocycles.